The Labute approximate surface area is 103 Å². The lowest BCUT2D eigenvalue weighted by Gasteiger charge is -2.14. The highest BCUT2D eigenvalue weighted by Crippen LogP contribution is 2.20. The van der Waals surface area contributed by atoms with Crippen molar-refractivity contribution in [2.45, 2.75) is 27.2 Å². The minimum absolute atomic E-state index is 0. The maximum Gasteiger partial charge on any atom is 0.310 e. The lowest BCUT2D eigenvalue weighted by atomic mass is 9.90. The summed E-state index contributed by atoms with van der Waals surface area (Å²) < 4.78 is 0. The summed E-state index contributed by atoms with van der Waals surface area (Å²) in [6.45, 7) is 5.81. The number of carbonyl (C=O) groups is 1. The third-order valence-corrected chi connectivity index (χ3v) is 2.89. The number of carboxylic acid groups (broad SMARTS) is 1. The summed E-state index contributed by atoms with van der Waals surface area (Å²) in [5.41, 5.74) is 3.11. The fourth-order valence-corrected chi connectivity index (χ4v) is 1.62. The van der Waals surface area contributed by atoms with Crippen molar-refractivity contribution in [3.8, 4) is 0 Å². The molecule has 1 aromatic carbocycles. The van der Waals surface area contributed by atoms with Crippen LogP contribution in [-0.4, -0.2) is 11.1 Å². The molecule has 0 amide bonds. The van der Waals surface area contributed by atoms with Gasteiger partial charge >= 0.3 is 5.97 Å². The van der Waals surface area contributed by atoms with Gasteiger partial charge in [-0.05, 0) is 32.8 Å². The van der Waals surface area contributed by atoms with E-state index in [0.29, 0.717) is 6.42 Å². The Bertz CT molecular complexity index is 392. The number of benzene rings is 1. The highest BCUT2D eigenvalue weighted by molar-refractivity contribution is 5.74. The Morgan fingerprint density at radius 3 is 2.12 bits per heavy atom. The van der Waals surface area contributed by atoms with Crippen LogP contribution in [0.5, 0.6) is 0 Å². The highest BCUT2D eigenvalue weighted by Gasteiger charge is 2.20. The summed E-state index contributed by atoms with van der Waals surface area (Å²) in [6, 6.07) is 9.74. The molecule has 1 unspecified atom stereocenters. The molecule has 0 aliphatic rings. The normalized spacial score (nSPS) is 11.2. The minimum Gasteiger partial charge on any atom is -0.481 e. The van der Waals surface area contributed by atoms with Crippen molar-refractivity contribution >= 4 is 5.97 Å². The van der Waals surface area contributed by atoms with Gasteiger partial charge in [-0.25, -0.2) is 0 Å². The summed E-state index contributed by atoms with van der Waals surface area (Å²) in [5.74, 6) is -1.16. The van der Waals surface area contributed by atoms with E-state index in [9.17, 15) is 9.90 Å². The van der Waals surface area contributed by atoms with Crippen LogP contribution in [0.2, 0.25) is 0 Å². The molecule has 1 aromatic rings. The van der Waals surface area contributed by atoms with Crippen LogP contribution in [0, 0.1) is 5.92 Å². The molecule has 0 bridgehead atoms. The summed E-state index contributed by atoms with van der Waals surface area (Å²) in [6.07, 6.45) is 0.563. The van der Waals surface area contributed by atoms with E-state index >= 15 is 0 Å². The smallest absolute Gasteiger partial charge is 0.310 e. The first-order valence-electron chi connectivity index (χ1n) is 5.43. The molecular weight excluding hydrogens is 214 g/mol. The molecule has 0 heterocycles. The van der Waals surface area contributed by atoms with Crippen LogP contribution in [0.25, 0.3) is 0 Å². The average molecular weight is 235 g/mol. The number of allylic oxidation sites excluding steroid dienone is 1. The Morgan fingerprint density at radius 2 is 1.71 bits per heavy atom. The monoisotopic (exact) mass is 235 g/mol. The maximum absolute atomic E-state index is 11.2. The van der Waals surface area contributed by atoms with Gasteiger partial charge in [-0.3, -0.25) is 4.79 Å². The van der Waals surface area contributed by atoms with Crippen molar-refractivity contribution in [1.29, 1.82) is 0 Å². The largest absolute Gasteiger partial charge is 0.481 e. The molecule has 0 radical (unpaired) electrons. The van der Waals surface area contributed by atoms with Crippen LogP contribution in [0.1, 0.15) is 26.3 Å². The van der Waals surface area contributed by atoms with E-state index in [1.165, 1.54) is 0 Å². The number of aliphatic carboxylic acids is 1. The molecule has 0 fully saturated rings. The Kier molecular flexibility index (Phi) is 6.21. The lowest BCUT2D eigenvalue weighted by molar-refractivity contribution is -0.140. The molecule has 1 rings (SSSR count). The average Bonchev–Trinajstić information content (AvgIpc) is 2.26. The molecule has 0 spiro atoms. The van der Waals surface area contributed by atoms with E-state index in [-0.39, 0.29) is 6.15 Å². The van der Waals surface area contributed by atoms with Gasteiger partial charge in [0.25, 0.3) is 0 Å². The third-order valence-electron chi connectivity index (χ3n) is 2.89. The fraction of sp³-hybridized carbons (Fsp3) is 0.357. The second kappa shape index (κ2) is 6.86. The van der Waals surface area contributed by atoms with E-state index in [1.807, 2.05) is 51.1 Å². The summed E-state index contributed by atoms with van der Waals surface area (Å²) >= 11 is 0. The molecule has 0 aliphatic carbocycles. The zero-order chi connectivity index (χ0) is 12.1. The van der Waals surface area contributed by atoms with Crippen LogP contribution < -0.4 is 6.15 Å². The van der Waals surface area contributed by atoms with Crippen LogP contribution in [0.4, 0.5) is 0 Å². The van der Waals surface area contributed by atoms with Gasteiger partial charge in [-0.2, -0.15) is 0 Å². The second-order valence-corrected chi connectivity index (χ2v) is 4.26. The Morgan fingerprint density at radius 1 is 1.18 bits per heavy atom. The molecule has 0 saturated heterocycles. The van der Waals surface area contributed by atoms with Crippen molar-refractivity contribution in [2.24, 2.45) is 5.92 Å². The first kappa shape index (κ1) is 15.4. The molecule has 17 heavy (non-hydrogen) atoms. The van der Waals surface area contributed by atoms with E-state index in [0.717, 1.165) is 16.7 Å². The van der Waals surface area contributed by atoms with Crippen molar-refractivity contribution in [3.05, 3.63) is 47.0 Å². The van der Waals surface area contributed by atoms with E-state index in [2.05, 4.69) is 0 Å². The summed E-state index contributed by atoms with van der Waals surface area (Å²) in [4.78, 5) is 11.2. The van der Waals surface area contributed by atoms with Gasteiger partial charge in [-0.15, -0.1) is 0 Å². The molecule has 0 aliphatic heterocycles. The standard InChI is InChI=1S/C14H18O2.H3N/c1-10(2)11(3)13(14(15)16)9-12-7-5-4-6-8-12;/h4-8,13H,9H2,1-3H3,(H,15,16);1H3. The third kappa shape index (κ3) is 4.41. The van der Waals surface area contributed by atoms with Crippen molar-refractivity contribution in [3.63, 3.8) is 0 Å². The van der Waals surface area contributed by atoms with Crippen molar-refractivity contribution in [1.82, 2.24) is 6.15 Å². The van der Waals surface area contributed by atoms with Gasteiger partial charge in [0.05, 0.1) is 5.92 Å². The van der Waals surface area contributed by atoms with Crippen molar-refractivity contribution < 1.29 is 9.90 Å². The van der Waals surface area contributed by atoms with Gasteiger partial charge in [0.1, 0.15) is 0 Å². The van der Waals surface area contributed by atoms with Gasteiger partial charge in [-0.1, -0.05) is 41.5 Å². The van der Waals surface area contributed by atoms with Crippen molar-refractivity contribution in [2.75, 3.05) is 0 Å². The molecule has 1 atom stereocenters. The number of carboxylic acids is 1. The molecule has 3 heteroatoms. The molecule has 4 N–H and O–H groups in total. The highest BCUT2D eigenvalue weighted by atomic mass is 16.4. The van der Waals surface area contributed by atoms with Gasteiger partial charge in [0, 0.05) is 0 Å². The van der Waals surface area contributed by atoms with Crippen LogP contribution in [0.3, 0.4) is 0 Å². The maximum atomic E-state index is 11.2. The fourth-order valence-electron chi connectivity index (χ4n) is 1.62. The number of rotatable bonds is 4. The summed E-state index contributed by atoms with van der Waals surface area (Å²) in [7, 11) is 0. The van der Waals surface area contributed by atoms with Gasteiger partial charge in [0.15, 0.2) is 0 Å². The molecule has 0 saturated carbocycles. The van der Waals surface area contributed by atoms with Crippen LogP contribution >= 0.6 is 0 Å². The SMILES string of the molecule is CC(C)=C(C)C(Cc1ccccc1)C(=O)O.N. The number of hydrogen-bond donors (Lipinski definition) is 2. The van der Waals surface area contributed by atoms with Gasteiger partial charge in [0.2, 0.25) is 0 Å². The summed E-state index contributed by atoms with van der Waals surface area (Å²) in [5, 5.41) is 9.22. The van der Waals surface area contributed by atoms with Gasteiger partial charge < -0.3 is 11.3 Å². The Hall–Kier alpha value is -1.61. The lowest BCUT2D eigenvalue weighted by Crippen LogP contribution is -2.18. The zero-order valence-electron chi connectivity index (χ0n) is 10.7. The van der Waals surface area contributed by atoms with Crippen LogP contribution in [-0.2, 0) is 11.2 Å². The van der Waals surface area contributed by atoms with E-state index in [4.69, 9.17) is 0 Å². The van der Waals surface area contributed by atoms with E-state index < -0.39 is 11.9 Å². The number of hydrogen-bond acceptors (Lipinski definition) is 2. The first-order valence-corrected chi connectivity index (χ1v) is 5.43. The molecule has 94 valence electrons. The predicted molar refractivity (Wildman–Crippen MR) is 70.3 cm³/mol. The topological polar surface area (TPSA) is 72.3 Å². The molecule has 0 aromatic heterocycles. The first-order chi connectivity index (χ1) is 7.52. The second-order valence-electron chi connectivity index (χ2n) is 4.26. The van der Waals surface area contributed by atoms with E-state index in [1.54, 1.807) is 0 Å². The predicted octanol–water partition coefficient (Wildman–Crippen LogP) is 3.45. The Balaban J connectivity index is 0.00000256. The quantitative estimate of drug-likeness (QED) is 0.785. The molecular formula is C14H21NO2. The zero-order valence-corrected chi connectivity index (χ0v) is 10.7. The minimum atomic E-state index is -0.748. The van der Waals surface area contributed by atoms with Crippen LogP contribution in [0.15, 0.2) is 41.5 Å². The molecule has 3 nitrogen and oxygen atoms in total.